The third kappa shape index (κ3) is 4.29. The van der Waals surface area contributed by atoms with E-state index in [-0.39, 0.29) is 18.6 Å². The minimum atomic E-state index is 0.226. The number of rotatable bonds is 7. The van der Waals surface area contributed by atoms with E-state index in [1.165, 1.54) is 5.56 Å². The van der Waals surface area contributed by atoms with E-state index >= 15 is 0 Å². The summed E-state index contributed by atoms with van der Waals surface area (Å²) < 4.78 is 0. The van der Waals surface area contributed by atoms with E-state index in [9.17, 15) is 4.79 Å². The molecule has 1 aliphatic rings. The van der Waals surface area contributed by atoms with Gasteiger partial charge in [-0.25, -0.2) is 0 Å². The van der Waals surface area contributed by atoms with Gasteiger partial charge in [0, 0.05) is 31.3 Å². The van der Waals surface area contributed by atoms with E-state index < -0.39 is 0 Å². The number of carbonyl (C=O) groups is 1. The molecule has 1 aliphatic heterocycles. The first kappa shape index (κ1) is 16.0. The van der Waals surface area contributed by atoms with Crippen molar-refractivity contribution in [3.63, 3.8) is 0 Å². The summed E-state index contributed by atoms with van der Waals surface area (Å²) >= 11 is 0. The first-order chi connectivity index (χ1) is 10.1. The van der Waals surface area contributed by atoms with Crippen LogP contribution in [-0.2, 0) is 4.79 Å². The highest BCUT2D eigenvalue weighted by Crippen LogP contribution is 2.24. The molecule has 116 valence electrons. The molecule has 4 heteroatoms. The summed E-state index contributed by atoms with van der Waals surface area (Å²) in [7, 11) is 0. The van der Waals surface area contributed by atoms with Gasteiger partial charge in [0.05, 0.1) is 0 Å². The molecule has 2 N–H and O–H groups in total. The van der Waals surface area contributed by atoms with Crippen LogP contribution in [0.1, 0.15) is 44.7 Å². The van der Waals surface area contributed by atoms with Gasteiger partial charge in [-0.05, 0) is 49.9 Å². The SMILES string of the molecule is CC(CCO)CNC(C)c1cccc(N2CCCC2=O)c1. The molecule has 2 unspecified atom stereocenters. The van der Waals surface area contributed by atoms with Gasteiger partial charge in [-0.15, -0.1) is 0 Å². The number of carbonyl (C=O) groups excluding carboxylic acids is 1. The van der Waals surface area contributed by atoms with Crippen LogP contribution in [-0.4, -0.2) is 30.7 Å². The minimum absolute atomic E-state index is 0.226. The Kier molecular flexibility index (Phi) is 5.76. The molecule has 1 aromatic rings. The number of amides is 1. The average molecular weight is 290 g/mol. The molecule has 0 aliphatic carbocycles. The summed E-state index contributed by atoms with van der Waals surface area (Å²) in [4.78, 5) is 13.7. The summed E-state index contributed by atoms with van der Waals surface area (Å²) in [6.07, 6.45) is 2.44. The lowest BCUT2D eigenvalue weighted by molar-refractivity contribution is -0.117. The molecule has 1 aromatic carbocycles. The Bertz CT molecular complexity index is 476. The van der Waals surface area contributed by atoms with Crippen molar-refractivity contribution >= 4 is 11.6 Å². The molecule has 4 nitrogen and oxygen atoms in total. The van der Waals surface area contributed by atoms with E-state index in [1.807, 2.05) is 17.0 Å². The van der Waals surface area contributed by atoms with Crippen LogP contribution in [0.5, 0.6) is 0 Å². The molecule has 2 atom stereocenters. The fourth-order valence-corrected chi connectivity index (χ4v) is 2.70. The molecule has 0 aromatic heterocycles. The van der Waals surface area contributed by atoms with Gasteiger partial charge in [0.25, 0.3) is 0 Å². The smallest absolute Gasteiger partial charge is 0.227 e. The zero-order chi connectivity index (χ0) is 15.2. The van der Waals surface area contributed by atoms with Crippen LogP contribution in [0.3, 0.4) is 0 Å². The summed E-state index contributed by atoms with van der Waals surface area (Å²) in [5.41, 5.74) is 2.20. The van der Waals surface area contributed by atoms with Crippen molar-refractivity contribution < 1.29 is 9.90 Å². The predicted molar refractivity (Wildman–Crippen MR) is 85.3 cm³/mol. The van der Waals surface area contributed by atoms with Gasteiger partial charge in [0.2, 0.25) is 5.91 Å². The van der Waals surface area contributed by atoms with E-state index in [1.54, 1.807) is 0 Å². The first-order valence-corrected chi connectivity index (χ1v) is 7.86. The number of nitrogens with zero attached hydrogens (tertiary/aromatic N) is 1. The van der Waals surface area contributed by atoms with Gasteiger partial charge in [-0.3, -0.25) is 4.79 Å². The van der Waals surface area contributed by atoms with Crippen LogP contribution in [0.4, 0.5) is 5.69 Å². The summed E-state index contributed by atoms with van der Waals surface area (Å²) in [5.74, 6) is 0.685. The van der Waals surface area contributed by atoms with Crippen molar-refractivity contribution in [2.75, 3.05) is 24.6 Å². The number of aliphatic hydroxyl groups is 1. The second-order valence-electron chi connectivity index (χ2n) is 5.99. The molecule has 1 amide bonds. The molecule has 1 heterocycles. The lowest BCUT2D eigenvalue weighted by Crippen LogP contribution is -2.26. The third-order valence-corrected chi connectivity index (χ3v) is 4.15. The van der Waals surface area contributed by atoms with E-state index in [0.29, 0.717) is 12.3 Å². The van der Waals surface area contributed by atoms with Gasteiger partial charge >= 0.3 is 0 Å². The Morgan fingerprint density at radius 3 is 2.86 bits per heavy atom. The van der Waals surface area contributed by atoms with Crippen LogP contribution in [0.15, 0.2) is 24.3 Å². The van der Waals surface area contributed by atoms with E-state index in [4.69, 9.17) is 5.11 Å². The zero-order valence-electron chi connectivity index (χ0n) is 13.0. The molecule has 0 spiro atoms. The monoisotopic (exact) mass is 290 g/mol. The Balaban J connectivity index is 1.98. The van der Waals surface area contributed by atoms with Crippen molar-refractivity contribution in [1.82, 2.24) is 5.32 Å². The molecule has 0 radical (unpaired) electrons. The molecule has 1 saturated heterocycles. The molecule has 21 heavy (non-hydrogen) atoms. The standard InChI is InChI=1S/C17H26N2O2/c1-13(8-10-20)12-18-14(2)15-5-3-6-16(11-15)19-9-4-7-17(19)21/h3,5-6,11,13-14,18,20H,4,7-10,12H2,1-2H3. The number of anilines is 1. The maximum atomic E-state index is 11.8. The molecule has 0 bridgehead atoms. The van der Waals surface area contributed by atoms with E-state index in [2.05, 4.69) is 31.3 Å². The van der Waals surface area contributed by atoms with Crippen LogP contribution < -0.4 is 10.2 Å². The Hall–Kier alpha value is -1.39. The molecule has 0 saturated carbocycles. The maximum absolute atomic E-state index is 11.8. The second-order valence-corrected chi connectivity index (χ2v) is 5.99. The van der Waals surface area contributed by atoms with Gasteiger partial charge in [0.1, 0.15) is 0 Å². The highest BCUT2D eigenvalue weighted by atomic mass is 16.3. The maximum Gasteiger partial charge on any atom is 0.227 e. The van der Waals surface area contributed by atoms with Gasteiger partial charge in [-0.2, -0.15) is 0 Å². The number of aliphatic hydroxyl groups excluding tert-OH is 1. The van der Waals surface area contributed by atoms with Gasteiger partial charge < -0.3 is 15.3 Å². The fourth-order valence-electron chi connectivity index (χ4n) is 2.70. The van der Waals surface area contributed by atoms with Gasteiger partial charge in [-0.1, -0.05) is 19.1 Å². The van der Waals surface area contributed by atoms with Crippen molar-refractivity contribution in [2.45, 2.75) is 39.2 Å². The Morgan fingerprint density at radius 1 is 1.38 bits per heavy atom. The molecular formula is C17H26N2O2. The van der Waals surface area contributed by atoms with Crippen LogP contribution in [0.25, 0.3) is 0 Å². The highest BCUT2D eigenvalue weighted by Gasteiger charge is 2.22. The summed E-state index contributed by atoms with van der Waals surface area (Å²) in [6, 6.07) is 8.47. The van der Waals surface area contributed by atoms with Crippen molar-refractivity contribution in [3.05, 3.63) is 29.8 Å². The van der Waals surface area contributed by atoms with Gasteiger partial charge in [0.15, 0.2) is 0 Å². The molecule has 2 rings (SSSR count). The number of hydrogen-bond acceptors (Lipinski definition) is 3. The zero-order valence-corrected chi connectivity index (χ0v) is 13.0. The molecular weight excluding hydrogens is 264 g/mol. The number of benzene rings is 1. The number of hydrogen-bond donors (Lipinski definition) is 2. The molecule has 1 fully saturated rings. The summed E-state index contributed by atoms with van der Waals surface area (Å²) in [6.45, 7) is 6.22. The Morgan fingerprint density at radius 2 is 2.19 bits per heavy atom. The largest absolute Gasteiger partial charge is 0.396 e. The van der Waals surface area contributed by atoms with Crippen molar-refractivity contribution in [3.8, 4) is 0 Å². The Labute approximate surface area is 127 Å². The lowest BCUT2D eigenvalue weighted by atomic mass is 10.0. The van der Waals surface area contributed by atoms with Crippen LogP contribution in [0.2, 0.25) is 0 Å². The van der Waals surface area contributed by atoms with Crippen molar-refractivity contribution in [1.29, 1.82) is 0 Å². The average Bonchev–Trinajstić information content (AvgIpc) is 2.91. The normalized spacial score (nSPS) is 18.0. The third-order valence-electron chi connectivity index (χ3n) is 4.15. The predicted octanol–water partition coefficient (Wildman–Crippen LogP) is 2.48. The lowest BCUT2D eigenvalue weighted by Gasteiger charge is -2.21. The van der Waals surface area contributed by atoms with Crippen LogP contribution in [0, 0.1) is 5.92 Å². The first-order valence-electron chi connectivity index (χ1n) is 7.86. The minimum Gasteiger partial charge on any atom is -0.396 e. The second kappa shape index (κ2) is 7.57. The topological polar surface area (TPSA) is 52.6 Å². The highest BCUT2D eigenvalue weighted by molar-refractivity contribution is 5.95. The summed E-state index contributed by atoms with van der Waals surface area (Å²) in [5, 5.41) is 12.4. The fraction of sp³-hybridized carbons (Fsp3) is 0.588. The van der Waals surface area contributed by atoms with Crippen LogP contribution >= 0.6 is 0 Å². The number of nitrogens with one attached hydrogen (secondary N) is 1. The quantitative estimate of drug-likeness (QED) is 0.811. The van der Waals surface area contributed by atoms with Crippen molar-refractivity contribution in [2.24, 2.45) is 5.92 Å². The van der Waals surface area contributed by atoms with E-state index in [0.717, 1.165) is 31.6 Å².